The minimum atomic E-state index is 0.859. The second kappa shape index (κ2) is 2.26. The maximum absolute atomic E-state index is 5.43. The van der Waals surface area contributed by atoms with Crippen molar-refractivity contribution < 1.29 is 4.74 Å². The third-order valence-corrected chi connectivity index (χ3v) is 2.31. The smallest absolute Gasteiger partial charge is 0.122 e. The second-order valence-corrected chi connectivity index (χ2v) is 3.14. The maximum atomic E-state index is 5.43. The number of fused-ring (bicyclic) bond motifs is 1. The van der Waals surface area contributed by atoms with Gasteiger partial charge in [0.15, 0.2) is 0 Å². The highest BCUT2D eigenvalue weighted by molar-refractivity contribution is 5.43. The summed E-state index contributed by atoms with van der Waals surface area (Å²) in [7, 11) is 0. The van der Waals surface area contributed by atoms with E-state index in [0.717, 1.165) is 18.8 Å². The first-order valence-electron chi connectivity index (χ1n) is 4.00. The number of ether oxygens (including phenoxy) is 1. The molecule has 0 bridgehead atoms. The van der Waals surface area contributed by atoms with Gasteiger partial charge in [-0.05, 0) is 36.6 Å². The van der Waals surface area contributed by atoms with Crippen LogP contribution in [-0.2, 0) is 6.42 Å². The Morgan fingerprint density at radius 2 is 1.91 bits per heavy atom. The quantitative estimate of drug-likeness (QED) is 0.548. The standard InChI is InChI=1S/C10H12O/c1-7-5-9-3-4-11-10(9)6-8(7)2/h5-6H,3-4H2,1-2H3. The zero-order valence-corrected chi connectivity index (χ0v) is 6.98. The molecule has 1 aromatic carbocycles. The summed E-state index contributed by atoms with van der Waals surface area (Å²) in [6, 6.07) is 4.37. The summed E-state index contributed by atoms with van der Waals surface area (Å²) in [6.45, 7) is 5.13. The number of aryl methyl sites for hydroxylation is 2. The van der Waals surface area contributed by atoms with Gasteiger partial charge in [-0.15, -0.1) is 0 Å². The van der Waals surface area contributed by atoms with E-state index in [-0.39, 0.29) is 0 Å². The van der Waals surface area contributed by atoms with Crippen molar-refractivity contribution in [3.63, 3.8) is 0 Å². The number of benzene rings is 1. The Kier molecular flexibility index (Phi) is 1.38. The first-order chi connectivity index (χ1) is 5.27. The van der Waals surface area contributed by atoms with Crippen molar-refractivity contribution in [2.75, 3.05) is 6.61 Å². The largest absolute Gasteiger partial charge is 0.493 e. The van der Waals surface area contributed by atoms with Gasteiger partial charge in [0.25, 0.3) is 0 Å². The van der Waals surface area contributed by atoms with Crippen LogP contribution in [0.15, 0.2) is 12.1 Å². The molecule has 1 aliphatic rings. The molecule has 1 heterocycles. The fraction of sp³-hybridized carbons (Fsp3) is 0.400. The summed E-state index contributed by atoms with van der Waals surface area (Å²) in [4.78, 5) is 0. The average Bonchev–Trinajstić information content (AvgIpc) is 2.36. The summed E-state index contributed by atoms with van der Waals surface area (Å²) in [5.74, 6) is 1.09. The summed E-state index contributed by atoms with van der Waals surface area (Å²) >= 11 is 0. The highest BCUT2D eigenvalue weighted by Gasteiger charge is 2.12. The predicted molar refractivity (Wildman–Crippen MR) is 45.1 cm³/mol. The van der Waals surface area contributed by atoms with Crippen LogP contribution >= 0.6 is 0 Å². The SMILES string of the molecule is Cc1cc2c(cc1C)OCC2. The normalized spacial score (nSPS) is 14.4. The van der Waals surface area contributed by atoms with E-state index < -0.39 is 0 Å². The molecule has 58 valence electrons. The van der Waals surface area contributed by atoms with Gasteiger partial charge in [-0.1, -0.05) is 6.07 Å². The Hall–Kier alpha value is -0.980. The Morgan fingerprint density at radius 1 is 1.18 bits per heavy atom. The Balaban J connectivity index is 2.57. The summed E-state index contributed by atoms with van der Waals surface area (Å²) in [5, 5.41) is 0. The van der Waals surface area contributed by atoms with Crippen LogP contribution in [0.2, 0.25) is 0 Å². The van der Waals surface area contributed by atoms with Crippen LogP contribution in [0.5, 0.6) is 5.75 Å². The van der Waals surface area contributed by atoms with E-state index in [4.69, 9.17) is 4.74 Å². The van der Waals surface area contributed by atoms with Crippen molar-refractivity contribution in [2.45, 2.75) is 20.3 Å². The van der Waals surface area contributed by atoms with E-state index in [9.17, 15) is 0 Å². The molecule has 1 heteroatoms. The second-order valence-electron chi connectivity index (χ2n) is 3.14. The maximum Gasteiger partial charge on any atom is 0.122 e. The lowest BCUT2D eigenvalue weighted by Crippen LogP contribution is -1.86. The molecule has 0 unspecified atom stereocenters. The Bertz CT molecular complexity index is 260. The highest BCUT2D eigenvalue weighted by atomic mass is 16.5. The van der Waals surface area contributed by atoms with Gasteiger partial charge >= 0.3 is 0 Å². The number of hydrogen-bond acceptors (Lipinski definition) is 1. The molecule has 0 fully saturated rings. The average molecular weight is 148 g/mol. The van der Waals surface area contributed by atoms with Crippen LogP contribution in [0, 0.1) is 13.8 Å². The van der Waals surface area contributed by atoms with Gasteiger partial charge in [-0.25, -0.2) is 0 Å². The molecule has 0 spiro atoms. The topological polar surface area (TPSA) is 9.23 Å². The van der Waals surface area contributed by atoms with E-state index in [1.165, 1.54) is 16.7 Å². The number of hydrogen-bond donors (Lipinski definition) is 0. The van der Waals surface area contributed by atoms with Gasteiger partial charge in [-0.3, -0.25) is 0 Å². The Morgan fingerprint density at radius 3 is 2.73 bits per heavy atom. The molecular weight excluding hydrogens is 136 g/mol. The van der Waals surface area contributed by atoms with Gasteiger partial charge in [0.05, 0.1) is 6.61 Å². The van der Waals surface area contributed by atoms with Gasteiger partial charge in [-0.2, -0.15) is 0 Å². The van der Waals surface area contributed by atoms with Crippen molar-refractivity contribution in [3.8, 4) is 5.75 Å². The predicted octanol–water partition coefficient (Wildman–Crippen LogP) is 2.24. The molecule has 11 heavy (non-hydrogen) atoms. The van der Waals surface area contributed by atoms with E-state index in [1.54, 1.807) is 0 Å². The van der Waals surface area contributed by atoms with Gasteiger partial charge < -0.3 is 4.74 Å². The molecule has 0 atom stereocenters. The van der Waals surface area contributed by atoms with Crippen LogP contribution in [0.1, 0.15) is 16.7 Å². The lowest BCUT2D eigenvalue weighted by Gasteiger charge is -2.03. The first-order valence-corrected chi connectivity index (χ1v) is 4.00. The van der Waals surface area contributed by atoms with Crippen molar-refractivity contribution >= 4 is 0 Å². The molecule has 0 amide bonds. The molecule has 0 aromatic heterocycles. The zero-order chi connectivity index (χ0) is 7.84. The zero-order valence-electron chi connectivity index (χ0n) is 6.98. The molecule has 1 nitrogen and oxygen atoms in total. The van der Waals surface area contributed by atoms with Crippen LogP contribution < -0.4 is 4.74 Å². The number of rotatable bonds is 0. The molecule has 0 N–H and O–H groups in total. The first kappa shape index (κ1) is 6.71. The van der Waals surface area contributed by atoms with Gasteiger partial charge in [0.2, 0.25) is 0 Å². The van der Waals surface area contributed by atoms with E-state index in [1.807, 2.05) is 0 Å². The van der Waals surface area contributed by atoms with Crippen molar-refractivity contribution in [2.24, 2.45) is 0 Å². The molecule has 1 aliphatic heterocycles. The lowest BCUT2D eigenvalue weighted by atomic mass is 10.0. The van der Waals surface area contributed by atoms with Gasteiger partial charge in [0.1, 0.15) is 5.75 Å². The summed E-state index contributed by atoms with van der Waals surface area (Å²) in [5.41, 5.74) is 4.06. The minimum Gasteiger partial charge on any atom is -0.493 e. The third-order valence-electron chi connectivity index (χ3n) is 2.31. The molecule has 2 rings (SSSR count). The van der Waals surface area contributed by atoms with E-state index >= 15 is 0 Å². The summed E-state index contributed by atoms with van der Waals surface area (Å²) < 4.78 is 5.43. The molecule has 0 saturated carbocycles. The van der Waals surface area contributed by atoms with Crippen molar-refractivity contribution in [1.29, 1.82) is 0 Å². The summed E-state index contributed by atoms with van der Waals surface area (Å²) in [6.07, 6.45) is 1.08. The monoisotopic (exact) mass is 148 g/mol. The van der Waals surface area contributed by atoms with Crippen molar-refractivity contribution in [3.05, 3.63) is 28.8 Å². The fourth-order valence-corrected chi connectivity index (χ4v) is 1.45. The van der Waals surface area contributed by atoms with Crippen LogP contribution in [-0.4, -0.2) is 6.61 Å². The fourth-order valence-electron chi connectivity index (χ4n) is 1.45. The Labute approximate surface area is 67.0 Å². The minimum absolute atomic E-state index is 0.859. The van der Waals surface area contributed by atoms with Crippen LogP contribution in [0.3, 0.4) is 0 Å². The molecule has 0 radical (unpaired) electrons. The molecular formula is C10H12O. The van der Waals surface area contributed by atoms with E-state index in [2.05, 4.69) is 26.0 Å². The molecule has 1 aromatic rings. The third kappa shape index (κ3) is 1.01. The molecule has 0 saturated heterocycles. The van der Waals surface area contributed by atoms with Crippen LogP contribution in [0.25, 0.3) is 0 Å². The van der Waals surface area contributed by atoms with Crippen molar-refractivity contribution in [1.82, 2.24) is 0 Å². The molecule has 0 aliphatic carbocycles. The van der Waals surface area contributed by atoms with Gasteiger partial charge in [0, 0.05) is 6.42 Å². The van der Waals surface area contributed by atoms with E-state index in [0.29, 0.717) is 0 Å². The highest BCUT2D eigenvalue weighted by Crippen LogP contribution is 2.27. The lowest BCUT2D eigenvalue weighted by molar-refractivity contribution is 0.356. The van der Waals surface area contributed by atoms with Crippen LogP contribution in [0.4, 0.5) is 0 Å².